The lowest BCUT2D eigenvalue weighted by Gasteiger charge is -2.35. The molecule has 2 unspecified atom stereocenters. The van der Waals surface area contributed by atoms with Gasteiger partial charge in [-0.1, -0.05) is 6.92 Å². The van der Waals surface area contributed by atoms with E-state index in [2.05, 4.69) is 9.98 Å². The molecule has 2 rings (SSSR count). The van der Waals surface area contributed by atoms with Gasteiger partial charge in [0.25, 0.3) is 0 Å². The maximum Gasteiger partial charge on any atom is 0.492 e. The Hall–Kier alpha value is -1.28. The smallest absolute Gasteiger partial charge is 0.400 e. The van der Waals surface area contributed by atoms with E-state index >= 15 is 0 Å². The van der Waals surface area contributed by atoms with Gasteiger partial charge in [-0.2, -0.15) is 0 Å². The van der Waals surface area contributed by atoms with Crippen LogP contribution in [0.25, 0.3) is 0 Å². The Morgan fingerprint density at radius 2 is 2.08 bits per heavy atom. The molecule has 140 valence electrons. The van der Waals surface area contributed by atoms with Crippen molar-refractivity contribution in [2.45, 2.75) is 64.6 Å². The zero-order valence-electron chi connectivity index (χ0n) is 15.9. The van der Waals surface area contributed by atoms with E-state index in [1.54, 1.807) is 11.2 Å². The van der Waals surface area contributed by atoms with Crippen LogP contribution >= 0.6 is 0 Å². The molecule has 0 bridgehead atoms. The topological polar surface area (TPSA) is 46.4 Å². The molecule has 0 aliphatic carbocycles. The first kappa shape index (κ1) is 20.0. The highest BCUT2D eigenvalue weighted by Gasteiger charge is 2.55. The van der Waals surface area contributed by atoms with Crippen molar-refractivity contribution in [2.75, 3.05) is 14.1 Å². The summed E-state index contributed by atoms with van der Waals surface area (Å²) >= 11 is 0. The number of aliphatic imine (C=N–C) groups is 2. The van der Waals surface area contributed by atoms with Gasteiger partial charge in [-0.05, 0) is 39.1 Å². The molecule has 0 N–H and O–H groups in total. The predicted molar refractivity (Wildman–Crippen MR) is 97.1 cm³/mol. The minimum atomic E-state index is -2.50. The average molecular weight is 355 g/mol. The van der Waals surface area contributed by atoms with E-state index in [1.807, 2.05) is 41.8 Å². The molecule has 25 heavy (non-hydrogen) atoms. The zero-order chi connectivity index (χ0) is 18.8. The molecule has 0 saturated carbocycles. The number of rotatable bonds is 4. The molecule has 1 fully saturated rings. The SMILES string of the molecule is CCC1(C)OB(C2=CN=C(N=CN(C)C)CCC2C(F)F)OC1(C)C. The van der Waals surface area contributed by atoms with E-state index in [0.29, 0.717) is 17.7 Å². The lowest BCUT2D eigenvalue weighted by molar-refractivity contribution is -0.0118. The van der Waals surface area contributed by atoms with E-state index in [-0.39, 0.29) is 6.42 Å². The van der Waals surface area contributed by atoms with Crippen molar-refractivity contribution in [1.82, 2.24) is 4.90 Å². The fourth-order valence-corrected chi connectivity index (χ4v) is 2.99. The molecule has 0 radical (unpaired) electrons. The van der Waals surface area contributed by atoms with E-state index in [4.69, 9.17) is 9.31 Å². The standard InChI is InChI=1S/C17H28BF2N3O2/c1-7-17(4)16(2,3)24-18(25-17)13-10-21-14(22-11-23(5)6)9-8-12(13)15(19)20/h10-12,15H,7-9H2,1-6H3. The van der Waals surface area contributed by atoms with Gasteiger partial charge in [0.15, 0.2) is 0 Å². The molecule has 2 aliphatic rings. The largest absolute Gasteiger partial charge is 0.492 e. The van der Waals surface area contributed by atoms with Gasteiger partial charge in [0.05, 0.1) is 17.5 Å². The number of nitrogens with zero attached hydrogens (tertiary/aromatic N) is 3. The molecular formula is C17H28BF2N3O2. The first-order chi connectivity index (χ1) is 11.6. The van der Waals surface area contributed by atoms with Crippen molar-refractivity contribution < 1.29 is 18.1 Å². The molecule has 2 aliphatic heterocycles. The summed E-state index contributed by atoms with van der Waals surface area (Å²) < 4.78 is 39.4. The summed E-state index contributed by atoms with van der Waals surface area (Å²) in [6, 6.07) is 0. The Bertz CT molecular complexity index is 578. The van der Waals surface area contributed by atoms with Crippen LogP contribution in [0.15, 0.2) is 21.7 Å². The molecule has 2 atom stereocenters. The zero-order valence-corrected chi connectivity index (χ0v) is 15.9. The van der Waals surface area contributed by atoms with Crippen LogP contribution in [0.1, 0.15) is 47.0 Å². The highest BCUT2D eigenvalue weighted by Crippen LogP contribution is 2.43. The van der Waals surface area contributed by atoms with Crippen molar-refractivity contribution >= 4 is 19.3 Å². The molecule has 0 aromatic heterocycles. The van der Waals surface area contributed by atoms with Gasteiger partial charge in [-0.15, -0.1) is 0 Å². The van der Waals surface area contributed by atoms with Gasteiger partial charge >= 0.3 is 7.12 Å². The first-order valence-corrected chi connectivity index (χ1v) is 8.70. The molecule has 8 heteroatoms. The summed E-state index contributed by atoms with van der Waals surface area (Å²) in [4.78, 5) is 10.3. The second-order valence-electron chi connectivity index (χ2n) is 7.52. The number of hydrogen-bond donors (Lipinski definition) is 0. The predicted octanol–water partition coefficient (Wildman–Crippen LogP) is 3.56. The van der Waals surface area contributed by atoms with Crippen LogP contribution in [-0.4, -0.2) is 55.9 Å². The van der Waals surface area contributed by atoms with Gasteiger partial charge in [-0.25, -0.2) is 18.8 Å². The van der Waals surface area contributed by atoms with Crippen LogP contribution in [0.5, 0.6) is 0 Å². The quantitative estimate of drug-likeness (QED) is 0.440. The second kappa shape index (κ2) is 7.54. The van der Waals surface area contributed by atoms with Crippen LogP contribution in [0, 0.1) is 5.92 Å². The lowest BCUT2D eigenvalue weighted by Crippen LogP contribution is -2.44. The number of allylic oxidation sites excluding steroid dienone is 1. The Morgan fingerprint density at radius 3 is 2.60 bits per heavy atom. The van der Waals surface area contributed by atoms with Crippen molar-refractivity contribution in [2.24, 2.45) is 15.9 Å². The van der Waals surface area contributed by atoms with Crippen molar-refractivity contribution in [1.29, 1.82) is 0 Å². The molecule has 1 saturated heterocycles. The van der Waals surface area contributed by atoms with Crippen molar-refractivity contribution in [3.63, 3.8) is 0 Å². The van der Waals surface area contributed by atoms with Gasteiger partial charge in [0.2, 0.25) is 6.43 Å². The Balaban J connectivity index is 2.30. The summed E-state index contributed by atoms with van der Waals surface area (Å²) in [5.74, 6) is -0.416. The number of amidine groups is 1. The van der Waals surface area contributed by atoms with Gasteiger partial charge in [0.1, 0.15) is 5.84 Å². The van der Waals surface area contributed by atoms with Crippen LogP contribution < -0.4 is 0 Å². The molecule has 0 aromatic carbocycles. The maximum absolute atomic E-state index is 13.7. The molecule has 0 aromatic rings. The third kappa shape index (κ3) is 4.29. The van der Waals surface area contributed by atoms with Crippen LogP contribution in [0.4, 0.5) is 8.78 Å². The van der Waals surface area contributed by atoms with E-state index < -0.39 is 30.7 Å². The second-order valence-corrected chi connectivity index (χ2v) is 7.52. The van der Waals surface area contributed by atoms with Crippen LogP contribution in [-0.2, 0) is 9.31 Å². The Labute approximate surface area is 149 Å². The number of hydrogen-bond acceptors (Lipinski definition) is 4. The van der Waals surface area contributed by atoms with Crippen LogP contribution in [0.3, 0.4) is 0 Å². The average Bonchev–Trinajstić information content (AvgIpc) is 2.67. The van der Waals surface area contributed by atoms with Gasteiger partial charge in [0, 0.05) is 32.6 Å². The summed E-state index contributed by atoms with van der Waals surface area (Å²) in [5, 5.41) is 0. The molecule has 2 heterocycles. The molecule has 0 spiro atoms. The van der Waals surface area contributed by atoms with E-state index in [0.717, 1.165) is 6.42 Å². The monoisotopic (exact) mass is 355 g/mol. The summed E-state index contributed by atoms with van der Waals surface area (Å²) in [5.41, 5.74) is -0.704. The highest BCUT2D eigenvalue weighted by atomic mass is 19.3. The lowest BCUT2D eigenvalue weighted by atomic mass is 9.70. The van der Waals surface area contributed by atoms with Gasteiger partial charge in [-0.3, -0.25) is 0 Å². The normalized spacial score (nSPS) is 29.8. The number of alkyl halides is 2. The number of halogens is 2. The third-order valence-corrected chi connectivity index (χ3v) is 5.20. The van der Waals surface area contributed by atoms with E-state index in [1.165, 1.54) is 6.20 Å². The molecule has 5 nitrogen and oxygen atoms in total. The minimum Gasteiger partial charge on any atom is -0.400 e. The van der Waals surface area contributed by atoms with Crippen molar-refractivity contribution in [3.05, 3.63) is 11.7 Å². The van der Waals surface area contributed by atoms with Crippen LogP contribution in [0.2, 0.25) is 0 Å². The van der Waals surface area contributed by atoms with Gasteiger partial charge < -0.3 is 14.2 Å². The Morgan fingerprint density at radius 1 is 1.40 bits per heavy atom. The summed E-state index contributed by atoms with van der Waals surface area (Å²) in [6.45, 7) is 7.83. The maximum atomic E-state index is 13.7. The fraction of sp³-hybridized carbons (Fsp3) is 0.765. The van der Waals surface area contributed by atoms with E-state index in [9.17, 15) is 8.78 Å². The molecular weight excluding hydrogens is 327 g/mol. The fourth-order valence-electron chi connectivity index (χ4n) is 2.99. The third-order valence-electron chi connectivity index (χ3n) is 5.20. The molecule has 0 amide bonds. The van der Waals surface area contributed by atoms with Crippen molar-refractivity contribution in [3.8, 4) is 0 Å². The summed E-state index contributed by atoms with van der Waals surface area (Å²) in [6.07, 6.45) is 1.97. The summed E-state index contributed by atoms with van der Waals surface area (Å²) in [7, 11) is 2.88. The highest BCUT2D eigenvalue weighted by molar-refractivity contribution is 6.54. The first-order valence-electron chi connectivity index (χ1n) is 8.70. The Kier molecular flexibility index (Phi) is 6.04. The minimum absolute atomic E-state index is 0.263.